The van der Waals surface area contributed by atoms with E-state index in [2.05, 4.69) is 16.9 Å². The van der Waals surface area contributed by atoms with E-state index in [1.807, 2.05) is 22.7 Å². The van der Waals surface area contributed by atoms with E-state index in [1.165, 1.54) is 11.3 Å². The molecule has 1 fully saturated rings. The third-order valence-electron chi connectivity index (χ3n) is 7.19. The van der Waals surface area contributed by atoms with Gasteiger partial charge in [-0.05, 0) is 18.4 Å². The number of fused-ring (bicyclic) bond motifs is 3. The van der Waals surface area contributed by atoms with Crippen molar-refractivity contribution in [3.8, 4) is 0 Å². The van der Waals surface area contributed by atoms with Crippen molar-refractivity contribution in [1.82, 2.24) is 29.2 Å². The summed E-state index contributed by atoms with van der Waals surface area (Å²) in [5, 5.41) is 1.97. The molecular formula is C26H35F3N6O3. The highest BCUT2D eigenvalue weighted by Gasteiger charge is 2.38. The first-order valence-corrected chi connectivity index (χ1v) is 13.3. The van der Waals surface area contributed by atoms with E-state index in [0.29, 0.717) is 24.3 Å². The number of carbonyl (C=O) groups is 2. The number of urea groups is 1. The third kappa shape index (κ3) is 6.39. The number of hydrogen-bond donors (Lipinski definition) is 1. The molecule has 208 valence electrons. The van der Waals surface area contributed by atoms with E-state index in [1.54, 1.807) is 23.2 Å². The second-order valence-corrected chi connectivity index (χ2v) is 9.89. The molecule has 1 saturated heterocycles. The Morgan fingerprint density at radius 1 is 1.11 bits per heavy atom. The molecule has 2 amide bonds. The number of rotatable bonds is 11. The van der Waals surface area contributed by atoms with E-state index < -0.39 is 18.8 Å². The van der Waals surface area contributed by atoms with Gasteiger partial charge in [-0.3, -0.25) is 13.8 Å². The van der Waals surface area contributed by atoms with Crippen molar-refractivity contribution in [2.24, 2.45) is 5.92 Å². The normalized spacial score (nSPS) is 18.0. The zero-order chi connectivity index (χ0) is 27.3. The van der Waals surface area contributed by atoms with Crippen LogP contribution in [0, 0.1) is 5.92 Å². The van der Waals surface area contributed by atoms with Crippen LogP contribution in [0.5, 0.6) is 0 Å². The number of esters is 1. The van der Waals surface area contributed by atoms with Crippen LogP contribution in [0.3, 0.4) is 0 Å². The number of nitrogens with zero attached hydrogens (tertiary/aromatic N) is 5. The zero-order valence-electron chi connectivity index (χ0n) is 21.8. The Hall–Kier alpha value is -3.31. The van der Waals surface area contributed by atoms with Crippen molar-refractivity contribution in [2.75, 3.05) is 19.6 Å². The maximum atomic E-state index is 12.6. The number of hydrogen-bond acceptors (Lipinski definition) is 5. The Labute approximate surface area is 219 Å². The summed E-state index contributed by atoms with van der Waals surface area (Å²) in [6.07, 6.45) is 7.14. The van der Waals surface area contributed by atoms with Crippen molar-refractivity contribution in [2.45, 2.75) is 77.6 Å². The average molecular weight is 537 g/mol. The predicted molar refractivity (Wildman–Crippen MR) is 135 cm³/mol. The van der Waals surface area contributed by atoms with Crippen LogP contribution in [0.25, 0.3) is 16.8 Å². The second-order valence-electron chi connectivity index (χ2n) is 9.89. The molecule has 12 heteroatoms. The highest BCUT2D eigenvalue weighted by molar-refractivity contribution is 5.77. The van der Waals surface area contributed by atoms with Gasteiger partial charge in [0.05, 0.1) is 11.7 Å². The van der Waals surface area contributed by atoms with Gasteiger partial charge in [0, 0.05) is 43.5 Å². The average Bonchev–Trinajstić information content (AvgIpc) is 3.61. The summed E-state index contributed by atoms with van der Waals surface area (Å²) < 4.78 is 47.0. The van der Waals surface area contributed by atoms with Crippen LogP contribution in [0.4, 0.5) is 18.0 Å². The topological polar surface area (TPSA) is 93.8 Å². The summed E-state index contributed by atoms with van der Waals surface area (Å²) in [6, 6.07) is 1.16. The maximum absolute atomic E-state index is 12.6. The molecule has 0 aliphatic carbocycles. The minimum Gasteiger partial charge on any atom is -0.444 e. The van der Waals surface area contributed by atoms with Crippen LogP contribution in [0.15, 0.2) is 24.7 Å². The number of carbonyl (C=O) groups excluding carboxylic acids is 2. The van der Waals surface area contributed by atoms with Gasteiger partial charge >= 0.3 is 18.2 Å². The molecule has 0 unspecified atom stereocenters. The summed E-state index contributed by atoms with van der Waals surface area (Å²) in [7, 11) is 0. The number of nitrogens with one attached hydrogen (secondary N) is 1. The fourth-order valence-electron chi connectivity index (χ4n) is 5.15. The highest BCUT2D eigenvalue weighted by atomic mass is 19.4. The first-order chi connectivity index (χ1) is 18.2. The van der Waals surface area contributed by atoms with Crippen LogP contribution in [-0.4, -0.2) is 61.6 Å². The lowest BCUT2D eigenvalue weighted by molar-refractivity contribution is -0.147. The van der Waals surface area contributed by atoms with Gasteiger partial charge in [0.2, 0.25) is 0 Å². The van der Waals surface area contributed by atoms with Gasteiger partial charge < -0.3 is 15.0 Å². The van der Waals surface area contributed by atoms with Gasteiger partial charge in [-0.2, -0.15) is 13.2 Å². The molecule has 0 radical (unpaired) electrons. The fourth-order valence-corrected chi connectivity index (χ4v) is 5.15. The molecule has 9 nitrogen and oxygen atoms in total. The summed E-state index contributed by atoms with van der Waals surface area (Å²) in [5.41, 5.74) is 2.90. The Morgan fingerprint density at radius 2 is 1.89 bits per heavy atom. The molecule has 3 aromatic heterocycles. The first kappa shape index (κ1) is 27.7. The molecule has 1 N–H and O–H groups in total. The van der Waals surface area contributed by atoms with Gasteiger partial charge in [0.25, 0.3) is 0 Å². The second kappa shape index (κ2) is 12.0. The number of imidazole rings is 1. The van der Waals surface area contributed by atoms with Crippen molar-refractivity contribution in [3.63, 3.8) is 0 Å². The molecule has 3 aromatic rings. The quantitative estimate of drug-likeness (QED) is 0.267. The predicted octanol–water partition coefficient (Wildman–Crippen LogP) is 5.24. The minimum absolute atomic E-state index is 0.0496. The number of unbranched alkanes of at least 4 members (excludes halogenated alkanes) is 4. The summed E-state index contributed by atoms with van der Waals surface area (Å²) >= 11 is 0. The van der Waals surface area contributed by atoms with E-state index >= 15 is 0 Å². The van der Waals surface area contributed by atoms with Crippen LogP contribution in [0.2, 0.25) is 0 Å². The smallest absolute Gasteiger partial charge is 0.405 e. The molecule has 0 bridgehead atoms. The zero-order valence-corrected chi connectivity index (χ0v) is 21.8. The third-order valence-corrected chi connectivity index (χ3v) is 7.19. The summed E-state index contributed by atoms with van der Waals surface area (Å²) in [6.45, 7) is 3.49. The number of amides is 2. The molecule has 2 atom stereocenters. The van der Waals surface area contributed by atoms with E-state index in [9.17, 15) is 22.8 Å². The van der Waals surface area contributed by atoms with Crippen LogP contribution < -0.4 is 5.32 Å². The number of aromatic nitrogens is 4. The van der Waals surface area contributed by atoms with Gasteiger partial charge in [0.1, 0.15) is 6.54 Å². The SMILES string of the molecule is CCCCCCCC(=O)OCn1ccc2c1ncc1ncc([C@H]3CN(C(=O)NCC(F)(F)F)C[C@H]3CC)n12. The number of alkyl halides is 3. The van der Waals surface area contributed by atoms with Gasteiger partial charge in [0.15, 0.2) is 18.0 Å². The first-order valence-electron chi connectivity index (χ1n) is 13.3. The summed E-state index contributed by atoms with van der Waals surface area (Å²) in [5.74, 6) is -0.283. The lowest BCUT2D eigenvalue weighted by atomic mass is 9.91. The Bertz CT molecular complexity index is 1250. The molecule has 0 saturated carbocycles. The molecule has 0 spiro atoms. The number of likely N-dealkylation sites (tertiary alicyclic amines) is 1. The Kier molecular flexibility index (Phi) is 8.78. The minimum atomic E-state index is -4.46. The van der Waals surface area contributed by atoms with Crippen LogP contribution in [-0.2, 0) is 16.3 Å². The lowest BCUT2D eigenvalue weighted by Crippen LogP contribution is -2.42. The fraction of sp³-hybridized carbons (Fsp3) is 0.615. The van der Waals surface area contributed by atoms with E-state index in [4.69, 9.17) is 4.74 Å². The molecule has 1 aliphatic heterocycles. The maximum Gasteiger partial charge on any atom is 0.405 e. The Morgan fingerprint density at radius 3 is 2.63 bits per heavy atom. The summed E-state index contributed by atoms with van der Waals surface area (Å²) in [4.78, 5) is 35.1. The Balaban J connectivity index is 1.48. The molecular weight excluding hydrogens is 501 g/mol. The highest BCUT2D eigenvalue weighted by Crippen LogP contribution is 2.36. The van der Waals surface area contributed by atoms with Crippen molar-refractivity contribution < 1.29 is 27.5 Å². The van der Waals surface area contributed by atoms with Crippen molar-refractivity contribution in [3.05, 3.63) is 30.4 Å². The van der Waals surface area contributed by atoms with Crippen LogP contribution >= 0.6 is 0 Å². The lowest BCUT2D eigenvalue weighted by Gasteiger charge is -2.18. The van der Waals surface area contributed by atoms with E-state index in [0.717, 1.165) is 43.3 Å². The van der Waals surface area contributed by atoms with E-state index in [-0.39, 0.29) is 31.1 Å². The standard InChI is InChI=1S/C26H35F3N6O3/c1-3-5-6-7-8-9-23(36)38-17-33-11-10-20-24(33)31-13-22-30-12-21(35(20)22)19-15-34(14-18(19)4-2)25(37)32-16-26(27,28)29/h10-13,18-19H,3-9,14-17H2,1-2H3,(H,32,37)/t18-,19+/m1/s1. The van der Waals surface area contributed by atoms with Crippen molar-refractivity contribution >= 4 is 28.8 Å². The monoisotopic (exact) mass is 536 g/mol. The largest absolute Gasteiger partial charge is 0.444 e. The number of halogens is 3. The van der Waals surface area contributed by atoms with Gasteiger partial charge in [-0.15, -0.1) is 0 Å². The molecule has 38 heavy (non-hydrogen) atoms. The van der Waals surface area contributed by atoms with Crippen molar-refractivity contribution in [1.29, 1.82) is 0 Å². The van der Waals surface area contributed by atoms with Gasteiger partial charge in [-0.1, -0.05) is 46.0 Å². The molecule has 4 rings (SSSR count). The number of ether oxygens (including phenoxy) is 1. The molecule has 4 heterocycles. The van der Waals surface area contributed by atoms with Crippen LogP contribution in [0.1, 0.15) is 70.4 Å². The molecule has 1 aliphatic rings. The van der Waals surface area contributed by atoms with Gasteiger partial charge in [-0.25, -0.2) is 14.8 Å². The molecule has 0 aromatic carbocycles.